The summed E-state index contributed by atoms with van der Waals surface area (Å²) in [5, 5.41) is 12.9. The molecular formula is C20H20N4O2S2. The molecule has 0 atom stereocenters. The molecule has 0 bridgehead atoms. The minimum Gasteiger partial charge on any atom is -0.497 e. The second kappa shape index (κ2) is 8.17. The first-order valence-corrected chi connectivity index (χ1v) is 10.4. The summed E-state index contributed by atoms with van der Waals surface area (Å²) in [6.45, 7) is 6.39. The van der Waals surface area contributed by atoms with Crippen LogP contribution in [0.2, 0.25) is 0 Å². The van der Waals surface area contributed by atoms with Crippen molar-refractivity contribution >= 4 is 23.1 Å². The van der Waals surface area contributed by atoms with Crippen LogP contribution < -0.4 is 10.3 Å². The molecule has 2 aromatic heterocycles. The Labute approximate surface area is 171 Å². The molecular weight excluding hydrogens is 392 g/mol. The summed E-state index contributed by atoms with van der Waals surface area (Å²) in [5.74, 6) is 1.28. The number of hydrogen-bond donors (Lipinski definition) is 1. The monoisotopic (exact) mass is 412 g/mol. The van der Waals surface area contributed by atoms with Gasteiger partial charge in [0.05, 0.1) is 23.5 Å². The van der Waals surface area contributed by atoms with E-state index in [4.69, 9.17) is 4.74 Å². The van der Waals surface area contributed by atoms with Crippen LogP contribution in [0.15, 0.2) is 39.6 Å². The van der Waals surface area contributed by atoms with Crippen molar-refractivity contribution in [3.8, 4) is 23.1 Å². The van der Waals surface area contributed by atoms with Gasteiger partial charge >= 0.3 is 0 Å². The molecule has 0 amide bonds. The lowest BCUT2D eigenvalue weighted by atomic mass is 9.98. The predicted octanol–water partition coefficient (Wildman–Crippen LogP) is 4.36. The molecule has 0 unspecified atom stereocenters. The molecule has 3 aromatic rings. The van der Waals surface area contributed by atoms with E-state index in [0.29, 0.717) is 27.9 Å². The van der Waals surface area contributed by atoms with E-state index in [1.807, 2.05) is 11.4 Å². The van der Waals surface area contributed by atoms with Crippen molar-refractivity contribution in [2.75, 3.05) is 7.11 Å². The Morgan fingerprint density at radius 3 is 2.54 bits per heavy atom. The van der Waals surface area contributed by atoms with Crippen LogP contribution in [0.5, 0.6) is 5.75 Å². The maximum Gasteiger partial charge on any atom is 0.270 e. The number of thioether (sulfide) groups is 1. The number of benzene rings is 1. The molecule has 0 aliphatic rings. The highest BCUT2D eigenvalue weighted by molar-refractivity contribution is 7.98. The highest BCUT2D eigenvalue weighted by Gasteiger charge is 2.18. The molecule has 28 heavy (non-hydrogen) atoms. The number of hydrogen-bond acceptors (Lipinski definition) is 7. The highest BCUT2D eigenvalue weighted by atomic mass is 32.2. The van der Waals surface area contributed by atoms with Gasteiger partial charge in [-0.2, -0.15) is 5.26 Å². The van der Waals surface area contributed by atoms with Crippen molar-refractivity contribution in [2.24, 2.45) is 0 Å². The second-order valence-electron chi connectivity index (χ2n) is 7.12. The zero-order valence-corrected chi connectivity index (χ0v) is 17.7. The maximum atomic E-state index is 12.4. The molecule has 3 rings (SSSR count). The van der Waals surface area contributed by atoms with E-state index < -0.39 is 5.56 Å². The van der Waals surface area contributed by atoms with E-state index in [1.54, 1.807) is 42.7 Å². The Morgan fingerprint density at radius 2 is 1.96 bits per heavy atom. The summed E-state index contributed by atoms with van der Waals surface area (Å²) in [4.78, 5) is 24.2. The molecule has 8 heteroatoms. The van der Waals surface area contributed by atoms with Crippen LogP contribution in [-0.2, 0) is 11.2 Å². The van der Waals surface area contributed by atoms with E-state index >= 15 is 0 Å². The number of aromatic amines is 1. The van der Waals surface area contributed by atoms with Gasteiger partial charge in [0, 0.05) is 22.1 Å². The summed E-state index contributed by atoms with van der Waals surface area (Å²) in [7, 11) is 1.58. The van der Waals surface area contributed by atoms with Crippen molar-refractivity contribution < 1.29 is 4.74 Å². The van der Waals surface area contributed by atoms with E-state index in [0.717, 1.165) is 10.7 Å². The standard InChI is InChI=1S/C20H20N4O2S2/c1-20(2,3)18-22-13(10-27-18)11-28-19-23-16(15(9-21)17(25)24-19)12-5-7-14(26-4)8-6-12/h5-8,10H,11H2,1-4H3,(H,23,24,25). The van der Waals surface area contributed by atoms with Crippen LogP contribution in [0.1, 0.15) is 37.0 Å². The van der Waals surface area contributed by atoms with Gasteiger partial charge in [0.2, 0.25) is 0 Å². The van der Waals surface area contributed by atoms with Gasteiger partial charge in [-0.25, -0.2) is 9.97 Å². The highest BCUT2D eigenvalue weighted by Crippen LogP contribution is 2.29. The second-order valence-corrected chi connectivity index (χ2v) is 8.94. The number of nitriles is 1. The van der Waals surface area contributed by atoms with Gasteiger partial charge < -0.3 is 9.72 Å². The molecule has 1 N–H and O–H groups in total. The molecule has 0 saturated heterocycles. The van der Waals surface area contributed by atoms with Gasteiger partial charge in [-0.05, 0) is 24.3 Å². The first-order chi connectivity index (χ1) is 13.3. The molecule has 0 fully saturated rings. The van der Waals surface area contributed by atoms with Gasteiger partial charge in [-0.3, -0.25) is 4.79 Å². The summed E-state index contributed by atoms with van der Waals surface area (Å²) in [6.07, 6.45) is 0. The van der Waals surface area contributed by atoms with Crippen molar-refractivity contribution in [3.63, 3.8) is 0 Å². The number of methoxy groups -OCH3 is 1. The number of nitrogens with one attached hydrogen (secondary N) is 1. The number of H-pyrrole nitrogens is 1. The zero-order chi connectivity index (χ0) is 20.3. The third kappa shape index (κ3) is 4.43. The SMILES string of the molecule is COc1ccc(-c2nc(SCc3csc(C(C)(C)C)n3)[nH]c(=O)c2C#N)cc1. The zero-order valence-electron chi connectivity index (χ0n) is 16.1. The number of aromatic nitrogens is 3. The Kier molecular flexibility index (Phi) is 5.87. The Morgan fingerprint density at radius 1 is 1.25 bits per heavy atom. The minimum atomic E-state index is -0.445. The van der Waals surface area contributed by atoms with Crippen molar-refractivity contribution in [2.45, 2.75) is 37.1 Å². The van der Waals surface area contributed by atoms with E-state index in [1.165, 1.54) is 11.8 Å². The van der Waals surface area contributed by atoms with Crippen molar-refractivity contribution in [3.05, 3.63) is 56.3 Å². The van der Waals surface area contributed by atoms with Crippen molar-refractivity contribution in [1.82, 2.24) is 15.0 Å². The van der Waals surface area contributed by atoms with Crippen LogP contribution in [-0.4, -0.2) is 22.1 Å². The molecule has 0 aliphatic carbocycles. The normalized spacial score (nSPS) is 11.2. The van der Waals surface area contributed by atoms with E-state index in [2.05, 4.69) is 35.7 Å². The molecule has 0 spiro atoms. The van der Waals surface area contributed by atoms with Crippen LogP contribution in [0.3, 0.4) is 0 Å². The molecule has 0 aliphatic heterocycles. The average molecular weight is 413 g/mol. The fourth-order valence-corrected chi connectivity index (χ4v) is 4.21. The summed E-state index contributed by atoms with van der Waals surface area (Å²) < 4.78 is 5.16. The lowest BCUT2D eigenvalue weighted by Crippen LogP contribution is -2.14. The third-order valence-electron chi connectivity index (χ3n) is 3.92. The summed E-state index contributed by atoms with van der Waals surface area (Å²) in [5.41, 5.74) is 1.56. The predicted molar refractivity (Wildman–Crippen MR) is 112 cm³/mol. The van der Waals surface area contributed by atoms with Crippen LogP contribution in [0.25, 0.3) is 11.3 Å². The van der Waals surface area contributed by atoms with E-state index in [-0.39, 0.29) is 11.0 Å². The largest absolute Gasteiger partial charge is 0.497 e. The number of rotatable bonds is 5. The van der Waals surface area contributed by atoms with Gasteiger partial charge in [0.15, 0.2) is 5.16 Å². The Bertz CT molecular complexity index is 1070. The smallest absolute Gasteiger partial charge is 0.270 e. The Balaban J connectivity index is 1.88. The molecule has 6 nitrogen and oxygen atoms in total. The van der Waals surface area contributed by atoms with Gasteiger partial charge in [-0.1, -0.05) is 32.5 Å². The lowest BCUT2D eigenvalue weighted by Gasteiger charge is -2.13. The van der Waals surface area contributed by atoms with Gasteiger partial charge in [0.25, 0.3) is 5.56 Å². The Hall–Kier alpha value is -2.63. The number of nitrogens with zero attached hydrogens (tertiary/aromatic N) is 3. The van der Waals surface area contributed by atoms with Crippen LogP contribution in [0, 0.1) is 11.3 Å². The minimum absolute atomic E-state index is 0.00167. The molecule has 144 valence electrons. The number of thiazole rings is 1. The molecule has 1 aromatic carbocycles. The topological polar surface area (TPSA) is 91.7 Å². The molecule has 2 heterocycles. The van der Waals surface area contributed by atoms with E-state index in [9.17, 15) is 10.1 Å². The van der Waals surface area contributed by atoms with Crippen LogP contribution >= 0.6 is 23.1 Å². The fourth-order valence-electron chi connectivity index (χ4n) is 2.44. The summed E-state index contributed by atoms with van der Waals surface area (Å²) >= 11 is 3.02. The quantitative estimate of drug-likeness (QED) is 0.494. The molecule has 0 radical (unpaired) electrons. The van der Waals surface area contributed by atoms with Crippen LogP contribution in [0.4, 0.5) is 0 Å². The van der Waals surface area contributed by atoms with Gasteiger partial charge in [0.1, 0.15) is 17.4 Å². The first-order valence-electron chi connectivity index (χ1n) is 8.58. The van der Waals surface area contributed by atoms with Gasteiger partial charge in [-0.15, -0.1) is 11.3 Å². The summed E-state index contributed by atoms with van der Waals surface area (Å²) in [6, 6.07) is 9.07. The number of ether oxygens (including phenoxy) is 1. The fraction of sp³-hybridized carbons (Fsp3) is 0.300. The maximum absolute atomic E-state index is 12.4. The molecule has 0 saturated carbocycles. The first kappa shape index (κ1) is 20.1. The third-order valence-corrected chi connectivity index (χ3v) is 6.15. The average Bonchev–Trinajstić information content (AvgIpc) is 3.15. The van der Waals surface area contributed by atoms with Crippen molar-refractivity contribution in [1.29, 1.82) is 5.26 Å². The lowest BCUT2D eigenvalue weighted by molar-refractivity contribution is 0.415.